The fourth-order valence-electron chi connectivity index (χ4n) is 2.90. The molecule has 0 aliphatic rings. The Hall–Kier alpha value is -3.19. The first kappa shape index (κ1) is 21.1. The zero-order valence-corrected chi connectivity index (χ0v) is 16.9. The molecule has 4 rings (SSSR count). The van der Waals surface area contributed by atoms with Crippen LogP contribution in [0.2, 0.25) is 0 Å². The Balaban J connectivity index is 1.52. The number of oxazole rings is 1. The van der Waals surface area contributed by atoms with E-state index in [9.17, 15) is 13.2 Å². The molecule has 0 atom stereocenters. The summed E-state index contributed by atoms with van der Waals surface area (Å²) in [7, 11) is 0. The highest BCUT2D eigenvalue weighted by Gasteiger charge is 2.30. The highest BCUT2D eigenvalue weighted by Crippen LogP contribution is 2.34. The second-order valence-corrected chi connectivity index (χ2v) is 7.07. The van der Waals surface area contributed by atoms with Crippen molar-refractivity contribution in [1.82, 2.24) is 4.98 Å². The highest BCUT2D eigenvalue weighted by molar-refractivity contribution is 6.17. The van der Waals surface area contributed by atoms with Crippen LogP contribution in [-0.4, -0.2) is 17.5 Å². The van der Waals surface area contributed by atoms with Crippen molar-refractivity contribution in [2.75, 3.05) is 12.5 Å². The molecule has 0 aliphatic heterocycles. The summed E-state index contributed by atoms with van der Waals surface area (Å²) >= 11 is 5.64. The number of aromatic nitrogens is 1. The van der Waals surface area contributed by atoms with E-state index in [-0.39, 0.29) is 5.75 Å². The van der Waals surface area contributed by atoms with Gasteiger partial charge in [0.1, 0.15) is 22.8 Å². The predicted octanol–water partition coefficient (Wildman–Crippen LogP) is 7.31. The lowest BCUT2D eigenvalue weighted by molar-refractivity contribution is -0.137. The van der Waals surface area contributed by atoms with Crippen LogP contribution in [0.25, 0.3) is 22.6 Å². The number of halogens is 4. The van der Waals surface area contributed by atoms with Gasteiger partial charge >= 0.3 is 6.18 Å². The Bertz CT molecular complexity index is 1170. The van der Waals surface area contributed by atoms with E-state index in [1.165, 1.54) is 12.1 Å². The maximum absolute atomic E-state index is 12.9. The molecule has 0 unspecified atom stereocenters. The lowest BCUT2D eigenvalue weighted by atomic mass is 10.2. The Morgan fingerprint density at radius 2 is 1.65 bits per heavy atom. The standard InChI is InChI=1S/C23H17ClF3NO3/c24-11-2-12-29-17-7-5-15(6-8-17)22-28-20-10-9-19(14-21(20)31-22)30-18-4-1-3-16(13-18)23(25,26)27/h1,3-10,13-14H,2,11-12H2. The van der Waals surface area contributed by atoms with Crippen LogP contribution in [0.5, 0.6) is 17.2 Å². The molecule has 0 aliphatic carbocycles. The number of ether oxygens (including phenoxy) is 2. The molecule has 0 spiro atoms. The average molecular weight is 448 g/mol. The Morgan fingerprint density at radius 3 is 2.39 bits per heavy atom. The van der Waals surface area contributed by atoms with Crippen molar-refractivity contribution in [3.63, 3.8) is 0 Å². The lowest BCUT2D eigenvalue weighted by Gasteiger charge is -2.09. The molecule has 0 amide bonds. The van der Waals surface area contributed by atoms with Crippen LogP contribution in [0, 0.1) is 0 Å². The van der Waals surface area contributed by atoms with Gasteiger partial charge in [-0.15, -0.1) is 11.6 Å². The molecular formula is C23H17ClF3NO3. The third-order valence-electron chi connectivity index (χ3n) is 4.40. The number of nitrogens with zero attached hydrogens (tertiary/aromatic N) is 1. The van der Waals surface area contributed by atoms with E-state index in [0.717, 1.165) is 29.9 Å². The number of fused-ring (bicyclic) bond motifs is 1. The van der Waals surface area contributed by atoms with E-state index in [0.29, 0.717) is 35.2 Å². The van der Waals surface area contributed by atoms with Crippen molar-refractivity contribution < 1.29 is 27.1 Å². The molecule has 1 heterocycles. The quantitative estimate of drug-likeness (QED) is 0.220. The number of rotatable bonds is 7. The van der Waals surface area contributed by atoms with Crippen LogP contribution in [0.3, 0.4) is 0 Å². The number of benzene rings is 3. The largest absolute Gasteiger partial charge is 0.494 e. The van der Waals surface area contributed by atoms with Gasteiger partial charge in [-0.25, -0.2) is 4.98 Å². The van der Waals surface area contributed by atoms with Crippen molar-refractivity contribution in [3.8, 4) is 28.7 Å². The van der Waals surface area contributed by atoms with Crippen molar-refractivity contribution in [3.05, 3.63) is 72.3 Å². The molecular weight excluding hydrogens is 431 g/mol. The molecule has 1 aromatic heterocycles. The molecule has 0 radical (unpaired) electrons. The summed E-state index contributed by atoms with van der Waals surface area (Å²) in [5.74, 6) is 2.11. The van der Waals surface area contributed by atoms with Crippen molar-refractivity contribution in [2.24, 2.45) is 0 Å². The van der Waals surface area contributed by atoms with Gasteiger partial charge in [-0.3, -0.25) is 0 Å². The minimum Gasteiger partial charge on any atom is -0.494 e. The first-order chi connectivity index (χ1) is 14.9. The van der Waals surface area contributed by atoms with E-state index < -0.39 is 11.7 Å². The Morgan fingerprint density at radius 1 is 0.903 bits per heavy atom. The van der Waals surface area contributed by atoms with Crippen molar-refractivity contribution >= 4 is 22.7 Å². The first-order valence-electron chi connectivity index (χ1n) is 9.47. The normalized spacial score (nSPS) is 11.6. The molecule has 4 nitrogen and oxygen atoms in total. The van der Waals surface area contributed by atoms with Gasteiger partial charge in [-0.2, -0.15) is 13.2 Å². The summed E-state index contributed by atoms with van der Waals surface area (Å²) in [4.78, 5) is 4.45. The summed E-state index contributed by atoms with van der Waals surface area (Å²) in [6.45, 7) is 0.542. The van der Waals surface area contributed by atoms with E-state index in [1.54, 1.807) is 18.2 Å². The summed E-state index contributed by atoms with van der Waals surface area (Å²) in [6, 6.07) is 16.9. The minimum atomic E-state index is -4.44. The number of hydrogen-bond donors (Lipinski definition) is 0. The zero-order valence-electron chi connectivity index (χ0n) is 16.2. The molecule has 0 saturated heterocycles. The number of hydrogen-bond acceptors (Lipinski definition) is 4. The summed E-state index contributed by atoms with van der Waals surface area (Å²) in [6.07, 6.45) is -3.67. The maximum Gasteiger partial charge on any atom is 0.416 e. The van der Waals surface area contributed by atoms with Gasteiger partial charge in [-0.1, -0.05) is 6.07 Å². The van der Waals surface area contributed by atoms with Crippen LogP contribution >= 0.6 is 11.6 Å². The Kier molecular flexibility index (Phi) is 6.04. The molecule has 0 bridgehead atoms. The Labute approximate surface area is 181 Å². The van der Waals surface area contributed by atoms with Crippen LogP contribution in [0.15, 0.2) is 71.1 Å². The SMILES string of the molecule is FC(F)(F)c1cccc(Oc2ccc3nc(-c4ccc(OCCCCl)cc4)oc3c2)c1. The fraction of sp³-hybridized carbons (Fsp3) is 0.174. The average Bonchev–Trinajstić information content (AvgIpc) is 3.17. The molecule has 160 valence electrons. The molecule has 31 heavy (non-hydrogen) atoms. The lowest BCUT2D eigenvalue weighted by Crippen LogP contribution is -2.04. The topological polar surface area (TPSA) is 44.5 Å². The molecule has 0 N–H and O–H groups in total. The van der Waals surface area contributed by atoms with Gasteiger partial charge in [0.15, 0.2) is 5.58 Å². The predicted molar refractivity (Wildman–Crippen MR) is 112 cm³/mol. The first-order valence-corrected chi connectivity index (χ1v) is 10.0. The summed E-state index contributed by atoms with van der Waals surface area (Å²) < 4.78 is 55.6. The zero-order chi connectivity index (χ0) is 21.8. The van der Waals surface area contributed by atoms with Crippen LogP contribution < -0.4 is 9.47 Å². The third-order valence-corrected chi connectivity index (χ3v) is 4.67. The summed E-state index contributed by atoms with van der Waals surface area (Å²) in [5, 5.41) is 0. The van der Waals surface area contributed by atoms with Crippen LogP contribution in [-0.2, 0) is 6.18 Å². The van der Waals surface area contributed by atoms with E-state index in [1.807, 2.05) is 24.3 Å². The van der Waals surface area contributed by atoms with Gasteiger partial charge in [0.25, 0.3) is 0 Å². The molecule has 0 fully saturated rings. The van der Waals surface area contributed by atoms with Gasteiger partial charge in [-0.05, 0) is 61.0 Å². The molecule has 3 aromatic carbocycles. The number of alkyl halides is 4. The monoisotopic (exact) mass is 447 g/mol. The second-order valence-electron chi connectivity index (χ2n) is 6.69. The van der Waals surface area contributed by atoms with Gasteiger partial charge < -0.3 is 13.9 Å². The van der Waals surface area contributed by atoms with Crippen LogP contribution in [0.4, 0.5) is 13.2 Å². The van der Waals surface area contributed by atoms with Crippen molar-refractivity contribution in [1.29, 1.82) is 0 Å². The molecule has 0 saturated carbocycles. The van der Waals surface area contributed by atoms with Crippen LogP contribution in [0.1, 0.15) is 12.0 Å². The van der Waals surface area contributed by atoms with Gasteiger partial charge in [0, 0.05) is 17.5 Å². The minimum absolute atomic E-state index is 0.0821. The summed E-state index contributed by atoms with van der Waals surface area (Å²) in [5.41, 5.74) is 1.06. The third kappa shape index (κ3) is 5.11. The smallest absolute Gasteiger partial charge is 0.416 e. The van der Waals surface area contributed by atoms with E-state index in [2.05, 4.69) is 4.98 Å². The maximum atomic E-state index is 12.9. The van der Waals surface area contributed by atoms with E-state index in [4.69, 9.17) is 25.5 Å². The fourth-order valence-corrected chi connectivity index (χ4v) is 3.01. The van der Waals surface area contributed by atoms with Gasteiger partial charge in [0.2, 0.25) is 5.89 Å². The van der Waals surface area contributed by atoms with Gasteiger partial charge in [0.05, 0.1) is 12.2 Å². The second kappa shape index (κ2) is 8.89. The van der Waals surface area contributed by atoms with E-state index >= 15 is 0 Å². The van der Waals surface area contributed by atoms with Crippen molar-refractivity contribution in [2.45, 2.75) is 12.6 Å². The molecule has 4 aromatic rings. The molecule has 8 heteroatoms. The highest BCUT2D eigenvalue weighted by atomic mass is 35.5.